The molecule has 1 aliphatic rings. The zero-order valence-electron chi connectivity index (χ0n) is 16.7. The van der Waals surface area contributed by atoms with Crippen LogP contribution in [0.4, 0.5) is 0 Å². The van der Waals surface area contributed by atoms with Gasteiger partial charge < -0.3 is 5.32 Å². The van der Waals surface area contributed by atoms with Crippen LogP contribution in [0.5, 0.6) is 0 Å². The Kier molecular flexibility index (Phi) is 5.06. The Balaban J connectivity index is 2.08. The third-order valence-corrected chi connectivity index (χ3v) is 6.84. The van der Waals surface area contributed by atoms with E-state index in [1.807, 2.05) is 0 Å². The van der Waals surface area contributed by atoms with Crippen LogP contribution >= 0.6 is 0 Å². The molecule has 0 aliphatic heterocycles. The first-order chi connectivity index (χ1) is 11.9. The van der Waals surface area contributed by atoms with Crippen molar-refractivity contribution in [1.82, 2.24) is 5.32 Å². The summed E-state index contributed by atoms with van der Waals surface area (Å²) in [6.45, 7) is 11.6. The molecule has 0 heterocycles. The van der Waals surface area contributed by atoms with E-state index in [1.54, 1.807) is 5.56 Å². The maximum atomic E-state index is 3.69. The minimum atomic E-state index is 0.165. The van der Waals surface area contributed by atoms with Gasteiger partial charge in [0.2, 0.25) is 0 Å². The second-order valence-electron chi connectivity index (χ2n) is 8.34. The molecule has 134 valence electrons. The normalized spacial score (nSPS) is 27.4. The third-order valence-electron chi connectivity index (χ3n) is 6.84. The molecular weight excluding hydrogens is 302 g/mol. The fourth-order valence-electron chi connectivity index (χ4n) is 5.05. The predicted octanol–water partition coefficient (Wildman–Crippen LogP) is 5.89. The Hall–Kier alpha value is -1.60. The maximum Gasteiger partial charge on any atom is 0.0221 e. The van der Waals surface area contributed by atoms with E-state index in [0.29, 0.717) is 17.8 Å². The summed E-state index contributed by atoms with van der Waals surface area (Å²) in [5, 5.41) is 3.69. The molecule has 1 saturated carbocycles. The van der Waals surface area contributed by atoms with Gasteiger partial charge in [0, 0.05) is 11.5 Å². The molecule has 0 saturated heterocycles. The van der Waals surface area contributed by atoms with Crippen molar-refractivity contribution >= 4 is 0 Å². The molecule has 1 heteroatoms. The van der Waals surface area contributed by atoms with Crippen LogP contribution < -0.4 is 5.32 Å². The summed E-state index contributed by atoms with van der Waals surface area (Å²) in [5.41, 5.74) is 7.48. The van der Waals surface area contributed by atoms with E-state index < -0.39 is 0 Å². The summed E-state index contributed by atoms with van der Waals surface area (Å²) >= 11 is 0. The van der Waals surface area contributed by atoms with Crippen molar-refractivity contribution in [2.75, 3.05) is 7.05 Å². The fourth-order valence-corrected chi connectivity index (χ4v) is 5.05. The molecule has 1 N–H and O–H groups in total. The molecule has 0 amide bonds. The molecule has 1 fully saturated rings. The van der Waals surface area contributed by atoms with Crippen LogP contribution in [0.1, 0.15) is 66.3 Å². The van der Waals surface area contributed by atoms with Gasteiger partial charge in [-0.1, -0.05) is 55.0 Å². The summed E-state index contributed by atoms with van der Waals surface area (Å²) in [4.78, 5) is 0. The molecular formula is C24H33N. The van der Waals surface area contributed by atoms with E-state index in [-0.39, 0.29) is 5.54 Å². The van der Waals surface area contributed by atoms with Crippen molar-refractivity contribution in [1.29, 1.82) is 0 Å². The van der Waals surface area contributed by atoms with E-state index in [2.05, 4.69) is 89.4 Å². The lowest BCUT2D eigenvalue weighted by Crippen LogP contribution is -2.44. The minimum absolute atomic E-state index is 0.165. The molecule has 25 heavy (non-hydrogen) atoms. The molecule has 0 radical (unpaired) electrons. The van der Waals surface area contributed by atoms with Crippen molar-refractivity contribution in [2.24, 2.45) is 5.92 Å². The van der Waals surface area contributed by atoms with Gasteiger partial charge in [-0.2, -0.15) is 0 Å². The average molecular weight is 336 g/mol. The smallest absolute Gasteiger partial charge is 0.0221 e. The van der Waals surface area contributed by atoms with Crippen molar-refractivity contribution in [3.8, 4) is 0 Å². The van der Waals surface area contributed by atoms with Crippen LogP contribution in [-0.4, -0.2) is 12.6 Å². The summed E-state index contributed by atoms with van der Waals surface area (Å²) in [5.74, 6) is 1.78. The highest BCUT2D eigenvalue weighted by molar-refractivity contribution is 5.42. The SMILES string of the molecule is CNC1(C)CCC(C(C)c2ccccc2)C1c1cc(C)cc(C)c1C. The monoisotopic (exact) mass is 335 g/mol. The second-order valence-corrected chi connectivity index (χ2v) is 8.34. The Bertz CT molecular complexity index is 733. The van der Waals surface area contributed by atoms with E-state index in [0.717, 1.165) is 0 Å². The number of nitrogens with one attached hydrogen (secondary N) is 1. The van der Waals surface area contributed by atoms with Crippen LogP contribution in [0.25, 0.3) is 0 Å². The lowest BCUT2D eigenvalue weighted by molar-refractivity contribution is 0.302. The standard InChI is InChI=1S/C24H33N/c1-16-14-17(2)18(3)22(15-16)23-21(12-13-24(23,5)25-6)19(4)20-10-8-7-9-11-20/h7-11,14-15,19,21,23,25H,12-13H2,1-6H3. The van der Waals surface area contributed by atoms with Gasteiger partial charge in [0.05, 0.1) is 0 Å². The quantitative estimate of drug-likeness (QED) is 0.735. The zero-order chi connectivity index (χ0) is 18.2. The lowest BCUT2D eigenvalue weighted by atomic mass is 9.71. The summed E-state index contributed by atoms with van der Waals surface area (Å²) in [7, 11) is 2.14. The number of likely N-dealkylation sites (N-methyl/N-ethyl adjacent to an activating group) is 1. The third kappa shape index (κ3) is 3.27. The molecule has 0 aromatic heterocycles. The lowest BCUT2D eigenvalue weighted by Gasteiger charge is -2.38. The first-order valence-electron chi connectivity index (χ1n) is 9.69. The fraction of sp³-hybridized carbons (Fsp3) is 0.500. The number of hydrogen-bond acceptors (Lipinski definition) is 1. The van der Waals surface area contributed by atoms with Gasteiger partial charge in [-0.05, 0) is 81.7 Å². The van der Waals surface area contributed by atoms with E-state index in [1.165, 1.54) is 35.1 Å². The molecule has 4 unspecified atom stereocenters. The topological polar surface area (TPSA) is 12.0 Å². The Morgan fingerprint density at radius 1 is 1.08 bits per heavy atom. The van der Waals surface area contributed by atoms with Crippen LogP contribution in [0, 0.1) is 26.7 Å². The van der Waals surface area contributed by atoms with Crippen molar-refractivity contribution < 1.29 is 0 Å². The van der Waals surface area contributed by atoms with Gasteiger partial charge in [-0.25, -0.2) is 0 Å². The van der Waals surface area contributed by atoms with Gasteiger partial charge in [0.1, 0.15) is 0 Å². The number of benzene rings is 2. The first-order valence-corrected chi connectivity index (χ1v) is 9.69. The highest BCUT2D eigenvalue weighted by Crippen LogP contribution is 2.53. The zero-order valence-corrected chi connectivity index (χ0v) is 16.7. The number of hydrogen-bond donors (Lipinski definition) is 1. The second kappa shape index (κ2) is 6.96. The Morgan fingerprint density at radius 2 is 1.76 bits per heavy atom. The molecule has 4 atom stereocenters. The van der Waals surface area contributed by atoms with Gasteiger partial charge >= 0.3 is 0 Å². The summed E-state index contributed by atoms with van der Waals surface area (Å²) < 4.78 is 0. The number of rotatable bonds is 4. The largest absolute Gasteiger partial charge is 0.314 e. The predicted molar refractivity (Wildman–Crippen MR) is 108 cm³/mol. The molecule has 0 spiro atoms. The van der Waals surface area contributed by atoms with Gasteiger partial charge in [-0.3, -0.25) is 0 Å². The number of aryl methyl sites for hydroxylation is 2. The van der Waals surface area contributed by atoms with E-state index in [4.69, 9.17) is 0 Å². The van der Waals surface area contributed by atoms with Crippen LogP contribution in [0.15, 0.2) is 42.5 Å². The van der Waals surface area contributed by atoms with Crippen molar-refractivity contribution in [3.63, 3.8) is 0 Å². The molecule has 2 aromatic rings. The Morgan fingerprint density at radius 3 is 2.40 bits per heavy atom. The van der Waals surface area contributed by atoms with Crippen LogP contribution in [0.3, 0.4) is 0 Å². The van der Waals surface area contributed by atoms with E-state index >= 15 is 0 Å². The van der Waals surface area contributed by atoms with Gasteiger partial charge in [0.25, 0.3) is 0 Å². The molecule has 0 bridgehead atoms. The maximum absolute atomic E-state index is 3.69. The van der Waals surface area contributed by atoms with Gasteiger partial charge in [0.15, 0.2) is 0 Å². The highest BCUT2D eigenvalue weighted by Gasteiger charge is 2.47. The average Bonchev–Trinajstić information content (AvgIpc) is 2.96. The minimum Gasteiger partial charge on any atom is -0.314 e. The molecule has 1 aliphatic carbocycles. The first kappa shape index (κ1) is 18.2. The van der Waals surface area contributed by atoms with Crippen LogP contribution in [0.2, 0.25) is 0 Å². The van der Waals surface area contributed by atoms with Crippen molar-refractivity contribution in [3.05, 3.63) is 70.3 Å². The molecule has 2 aromatic carbocycles. The highest BCUT2D eigenvalue weighted by atomic mass is 15.0. The van der Waals surface area contributed by atoms with Crippen molar-refractivity contribution in [2.45, 2.75) is 64.8 Å². The van der Waals surface area contributed by atoms with E-state index in [9.17, 15) is 0 Å². The Labute approximate surface area is 153 Å². The summed E-state index contributed by atoms with van der Waals surface area (Å²) in [6, 6.07) is 15.8. The molecule has 1 nitrogen and oxygen atoms in total. The summed E-state index contributed by atoms with van der Waals surface area (Å²) in [6.07, 6.45) is 2.52. The van der Waals surface area contributed by atoms with Gasteiger partial charge in [-0.15, -0.1) is 0 Å². The molecule has 3 rings (SSSR count). The van der Waals surface area contributed by atoms with Crippen LogP contribution in [-0.2, 0) is 0 Å².